The van der Waals surface area contributed by atoms with Crippen molar-refractivity contribution in [3.63, 3.8) is 0 Å². The van der Waals surface area contributed by atoms with Crippen LogP contribution < -0.4 is 4.74 Å². The molecule has 0 radical (unpaired) electrons. The molecule has 1 atom stereocenters. The number of rotatable bonds is 10. The zero-order valence-corrected chi connectivity index (χ0v) is 21.3. The first-order valence-corrected chi connectivity index (χ1v) is 11.2. The lowest BCUT2D eigenvalue weighted by molar-refractivity contribution is -0.166. The standard InChI is InChI=1S/C18H19I3O6/c1-4-12(22)10-18(3,26-7-6-25-15(23)5-2)17(24)27-16-13(20)8-11(19)9-14(16)21/h5,8-9H,2,4,6-7,10H2,1,3H3. The van der Waals surface area contributed by atoms with Crippen molar-refractivity contribution in [2.45, 2.75) is 32.3 Å². The van der Waals surface area contributed by atoms with E-state index in [1.54, 1.807) is 6.92 Å². The van der Waals surface area contributed by atoms with Crippen LogP contribution in [0.1, 0.15) is 26.7 Å². The van der Waals surface area contributed by atoms with E-state index in [0.29, 0.717) is 5.75 Å². The highest BCUT2D eigenvalue weighted by atomic mass is 127. The fraction of sp³-hybridized carbons (Fsp3) is 0.389. The van der Waals surface area contributed by atoms with E-state index in [4.69, 9.17) is 14.2 Å². The first-order valence-electron chi connectivity index (χ1n) is 7.94. The lowest BCUT2D eigenvalue weighted by Gasteiger charge is -2.27. The smallest absolute Gasteiger partial charge is 0.344 e. The number of benzene rings is 1. The van der Waals surface area contributed by atoms with Gasteiger partial charge in [-0.15, -0.1) is 0 Å². The number of carbonyl (C=O) groups is 3. The Labute approximate surface area is 199 Å². The third-order valence-corrected chi connectivity index (χ3v) is 5.66. The molecule has 1 rings (SSSR count). The lowest BCUT2D eigenvalue weighted by Crippen LogP contribution is -2.44. The molecule has 0 aromatic heterocycles. The number of halogens is 3. The normalized spacial score (nSPS) is 12.8. The number of carbonyl (C=O) groups excluding carboxylic acids is 3. The van der Waals surface area contributed by atoms with Crippen molar-refractivity contribution in [2.75, 3.05) is 13.2 Å². The molecule has 0 N–H and O–H groups in total. The van der Waals surface area contributed by atoms with E-state index >= 15 is 0 Å². The maximum Gasteiger partial charge on any atom is 0.344 e. The van der Waals surface area contributed by atoms with Crippen LogP contribution in [0.3, 0.4) is 0 Å². The maximum absolute atomic E-state index is 12.8. The predicted octanol–water partition coefficient (Wildman–Crippen LogP) is 4.28. The molecule has 6 nitrogen and oxygen atoms in total. The molecule has 0 saturated carbocycles. The van der Waals surface area contributed by atoms with Gasteiger partial charge in [0.1, 0.15) is 12.4 Å². The molecular weight excluding hydrogens is 693 g/mol. The van der Waals surface area contributed by atoms with Crippen LogP contribution in [0.25, 0.3) is 0 Å². The van der Waals surface area contributed by atoms with Crippen molar-refractivity contribution in [3.05, 3.63) is 35.5 Å². The minimum atomic E-state index is -1.48. The van der Waals surface area contributed by atoms with Crippen molar-refractivity contribution in [1.82, 2.24) is 0 Å². The van der Waals surface area contributed by atoms with Crippen LogP contribution in [0.15, 0.2) is 24.8 Å². The van der Waals surface area contributed by atoms with Gasteiger partial charge in [-0.3, -0.25) is 4.79 Å². The summed E-state index contributed by atoms with van der Waals surface area (Å²) in [5.41, 5.74) is -1.48. The second-order valence-corrected chi connectivity index (χ2v) is 9.18. The van der Waals surface area contributed by atoms with Crippen LogP contribution in [0.2, 0.25) is 0 Å². The van der Waals surface area contributed by atoms with Gasteiger partial charge in [0, 0.05) is 22.5 Å². The molecule has 0 aliphatic carbocycles. The van der Waals surface area contributed by atoms with Gasteiger partial charge in [-0.05, 0) is 86.8 Å². The Kier molecular flexibility index (Phi) is 10.7. The van der Waals surface area contributed by atoms with Crippen LogP contribution in [0, 0.1) is 10.7 Å². The van der Waals surface area contributed by atoms with E-state index in [0.717, 1.165) is 16.8 Å². The number of ketones is 1. The molecule has 9 heteroatoms. The monoisotopic (exact) mass is 712 g/mol. The molecular formula is C18H19I3O6. The van der Waals surface area contributed by atoms with Crippen molar-refractivity contribution < 1.29 is 28.6 Å². The zero-order valence-electron chi connectivity index (χ0n) is 14.9. The van der Waals surface area contributed by atoms with Gasteiger partial charge in [-0.25, -0.2) is 9.59 Å². The summed E-state index contributed by atoms with van der Waals surface area (Å²) < 4.78 is 18.6. The van der Waals surface area contributed by atoms with Gasteiger partial charge in [0.05, 0.1) is 13.7 Å². The summed E-state index contributed by atoms with van der Waals surface area (Å²) >= 11 is 6.36. The fourth-order valence-corrected chi connectivity index (χ4v) is 5.78. The highest BCUT2D eigenvalue weighted by molar-refractivity contribution is 14.1. The molecule has 0 aliphatic rings. The van der Waals surface area contributed by atoms with Crippen molar-refractivity contribution in [1.29, 1.82) is 0 Å². The predicted molar refractivity (Wildman–Crippen MR) is 126 cm³/mol. The van der Waals surface area contributed by atoms with Crippen LogP contribution in [0.4, 0.5) is 0 Å². The molecule has 0 fully saturated rings. The van der Waals surface area contributed by atoms with E-state index < -0.39 is 17.5 Å². The van der Waals surface area contributed by atoms with Gasteiger partial charge < -0.3 is 14.2 Å². The average molecular weight is 712 g/mol. The summed E-state index contributed by atoms with van der Waals surface area (Å²) in [7, 11) is 0. The van der Waals surface area contributed by atoms with Crippen LogP contribution in [-0.2, 0) is 23.9 Å². The summed E-state index contributed by atoms with van der Waals surface area (Å²) in [6, 6.07) is 3.77. The maximum atomic E-state index is 12.8. The highest BCUT2D eigenvalue weighted by Crippen LogP contribution is 2.31. The molecule has 148 valence electrons. The third-order valence-electron chi connectivity index (χ3n) is 3.43. The quantitative estimate of drug-likeness (QED) is 0.119. The van der Waals surface area contributed by atoms with Gasteiger partial charge in [-0.2, -0.15) is 0 Å². The van der Waals surface area contributed by atoms with Gasteiger partial charge in [0.15, 0.2) is 11.4 Å². The summed E-state index contributed by atoms with van der Waals surface area (Å²) in [6.45, 7) is 6.40. The summed E-state index contributed by atoms with van der Waals surface area (Å²) in [5.74, 6) is -0.963. The Balaban J connectivity index is 2.94. The number of esters is 2. The molecule has 0 saturated heterocycles. The van der Waals surface area contributed by atoms with Gasteiger partial charge in [-0.1, -0.05) is 13.5 Å². The number of Topliss-reactive ketones (excluding diaryl/α,β-unsaturated/α-hetero) is 1. The fourth-order valence-electron chi connectivity index (χ4n) is 1.98. The van der Waals surface area contributed by atoms with Crippen molar-refractivity contribution >= 4 is 85.5 Å². The summed E-state index contributed by atoms with van der Waals surface area (Å²) in [5, 5.41) is 0. The third kappa shape index (κ3) is 7.93. The first-order chi connectivity index (χ1) is 12.6. The van der Waals surface area contributed by atoms with Crippen LogP contribution in [-0.4, -0.2) is 36.5 Å². The molecule has 0 bridgehead atoms. The lowest BCUT2D eigenvalue weighted by atomic mass is 9.98. The van der Waals surface area contributed by atoms with Crippen LogP contribution in [0.5, 0.6) is 5.75 Å². The Hall–Kier alpha value is -0.280. The second kappa shape index (κ2) is 11.7. The van der Waals surface area contributed by atoms with Gasteiger partial charge in [0.2, 0.25) is 0 Å². The Morgan fingerprint density at radius 1 is 1.15 bits per heavy atom. The van der Waals surface area contributed by atoms with Crippen molar-refractivity contribution in [2.24, 2.45) is 0 Å². The molecule has 1 unspecified atom stereocenters. The van der Waals surface area contributed by atoms with Crippen molar-refractivity contribution in [3.8, 4) is 5.75 Å². The number of ether oxygens (including phenoxy) is 3. The SMILES string of the molecule is C=CC(=O)OCCOC(C)(CC(=O)CC)C(=O)Oc1c(I)cc(I)cc1I. The van der Waals surface area contributed by atoms with Crippen LogP contribution >= 0.6 is 67.8 Å². The zero-order chi connectivity index (χ0) is 20.6. The Morgan fingerprint density at radius 2 is 1.74 bits per heavy atom. The Bertz CT molecular complexity index is 711. The molecule has 0 aliphatic heterocycles. The molecule has 0 amide bonds. The van der Waals surface area contributed by atoms with E-state index in [2.05, 4.69) is 74.4 Å². The largest absolute Gasteiger partial charge is 0.460 e. The number of hydrogen-bond donors (Lipinski definition) is 0. The molecule has 1 aromatic carbocycles. The van der Waals surface area contributed by atoms with E-state index in [9.17, 15) is 14.4 Å². The molecule has 0 spiro atoms. The van der Waals surface area contributed by atoms with E-state index in [-0.39, 0.29) is 31.8 Å². The van der Waals surface area contributed by atoms with Gasteiger partial charge >= 0.3 is 11.9 Å². The first kappa shape index (κ1) is 24.8. The minimum absolute atomic E-state index is 0.0525. The molecule has 1 aromatic rings. The molecule has 27 heavy (non-hydrogen) atoms. The second-order valence-electron chi connectivity index (χ2n) is 5.61. The summed E-state index contributed by atoms with van der Waals surface area (Å²) in [4.78, 5) is 35.9. The minimum Gasteiger partial charge on any atom is -0.460 e. The Morgan fingerprint density at radius 3 is 2.26 bits per heavy atom. The highest BCUT2D eigenvalue weighted by Gasteiger charge is 2.39. The van der Waals surface area contributed by atoms with Gasteiger partial charge in [0.25, 0.3) is 0 Å². The van der Waals surface area contributed by atoms with E-state index in [1.807, 2.05) is 12.1 Å². The summed E-state index contributed by atoms with van der Waals surface area (Å²) in [6.07, 6.45) is 1.18. The average Bonchev–Trinajstić information content (AvgIpc) is 2.61. The molecule has 0 heterocycles. The topological polar surface area (TPSA) is 78.9 Å². The number of hydrogen-bond acceptors (Lipinski definition) is 6. The van der Waals surface area contributed by atoms with E-state index in [1.165, 1.54) is 6.92 Å².